The Kier molecular flexibility index (Phi) is 4.84. The summed E-state index contributed by atoms with van der Waals surface area (Å²) in [6, 6.07) is 9.85. The molecular weight excluding hydrogens is 268 g/mol. The third-order valence-corrected chi connectivity index (χ3v) is 3.91. The van der Waals surface area contributed by atoms with Crippen LogP contribution in [0.2, 0.25) is 0 Å². The molecule has 0 saturated carbocycles. The predicted octanol–water partition coefficient (Wildman–Crippen LogP) is 1.69. The van der Waals surface area contributed by atoms with Crippen molar-refractivity contribution in [1.29, 1.82) is 5.26 Å². The van der Waals surface area contributed by atoms with Crippen LogP contribution in [0, 0.1) is 11.3 Å². The number of ether oxygens (including phenoxy) is 3. The first-order chi connectivity index (χ1) is 10.3. The largest absolute Gasteiger partial charge is 0.371 e. The fourth-order valence-electron chi connectivity index (χ4n) is 2.78. The Labute approximate surface area is 125 Å². The first kappa shape index (κ1) is 14.5. The fourth-order valence-corrected chi connectivity index (χ4v) is 2.78. The molecule has 0 bridgehead atoms. The van der Waals surface area contributed by atoms with Crippen molar-refractivity contribution in [1.82, 2.24) is 4.90 Å². The van der Waals surface area contributed by atoms with E-state index in [0.29, 0.717) is 25.4 Å². The van der Waals surface area contributed by atoms with Crippen LogP contribution in [-0.2, 0) is 14.2 Å². The molecule has 2 aliphatic heterocycles. The van der Waals surface area contributed by atoms with E-state index in [2.05, 4.69) is 11.0 Å². The van der Waals surface area contributed by atoms with E-state index >= 15 is 0 Å². The van der Waals surface area contributed by atoms with Crippen LogP contribution in [0.15, 0.2) is 24.3 Å². The first-order valence-corrected chi connectivity index (χ1v) is 7.42. The van der Waals surface area contributed by atoms with Crippen LogP contribution in [0.25, 0.3) is 0 Å². The number of benzene rings is 1. The van der Waals surface area contributed by atoms with Crippen LogP contribution in [0.4, 0.5) is 0 Å². The van der Waals surface area contributed by atoms with Gasteiger partial charge >= 0.3 is 0 Å². The third kappa shape index (κ3) is 3.80. The number of morpholine rings is 1. The number of hydrogen-bond donors (Lipinski definition) is 0. The Balaban J connectivity index is 1.56. The van der Waals surface area contributed by atoms with Crippen molar-refractivity contribution < 1.29 is 14.2 Å². The van der Waals surface area contributed by atoms with Crippen molar-refractivity contribution in [3.8, 4) is 6.07 Å². The second kappa shape index (κ2) is 7.01. The topological polar surface area (TPSA) is 54.7 Å². The predicted molar refractivity (Wildman–Crippen MR) is 76.6 cm³/mol. The molecule has 0 unspecified atom stereocenters. The minimum atomic E-state index is -0.0480. The molecule has 112 valence electrons. The molecule has 0 N–H and O–H groups in total. The first-order valence-electron chi connectivity index (χ1n) is 7.42. The average Bonchev–Trinajstić information content (AvgIpc) is 3.07. The van der Waals surface area contributed by atoms with Crippen molar-refractivity contribution in [3.63, 3.8) is 0 Å². The number of hydrogen-bond acceptors (Lipinski definition) is 5. The summed E-state index contributed by atoms with van der Waals surface area (Å²) < 4.78 is 16.8. The molecule has 3 rings (SSSR count). The maximum absolute atomic E-state index is 8.99. The lowest BCUT2D eigenvalue weighted by Gasteiger charge is -2.33. The van der Waals surface area contributed by atoms with Gasteiger partial charge in [-0.15, -0.1) is 0 Å². The Morgan fingerprint density at radius 1 is 1.19 bits per heavy atom. The molecule has 5 nitrogen and oxygen atoms in total. The zero-order chi connectivity index (χ0) is 14.5. The lowest BCUT2D eigenvalue weighted by atomic mass is 10.0. The maximum Gasteiger partial charge on any atom is 0.159 e. The van der Waals surface area contributed by atoms with E-state index in [4.69, 9.17) is 19.5 Å². The fraction of sp³-hybridized carbons (Fsp3) is 0.562. The summed E-state index contributed by atoms with van der Waals surface area (Å²) in [6.07, 6.45) is 0.885. The van der Waals surface area contributed by atoms with E-state index in [-0.39, 0.29) is 12.4 Å². The van der Waals surface area contributed by atoms with Crippen molar-refractivity contribution in [2.45, 2.75) is 18.8 Å². The van der Waals surface area contributed by atoms with Gasteiger partial charge in [0.15, 0.2) is 6.29 Å². The molecule has 21 heavy (non-hydrogen) atoms. The summed E-state index contributed by atoms with van der Waals surface area (Å²) in [5.74, 6) is 0. The van der Waals surface area contributed by atoms with Gasteiger partial charge in [0.25, 0.3) is 0 Å². The summed E-state index contributed by atoms with van der Waals surface area (Å²) in [5, 5.41) is 8.99. The van der Waals surface area contributed by atoms with Crippen molar-refractivity contribution in [3.05, 3.63) is 35.4 Å². The molecule has 1 atom stereocenters. The number of rotatable bonds is 4. The molecule has 2 heterocycles. The van der Waals surface area contributed by atoms with Gasteiger partial charge in [-0.05, 0) is 17.7 Å². The van der Waals surface area contributed by atoms with Crippen LogP contribution >= 0.6 is 0 Å². The highest BCUT2D eigenvalue weighted by Crippen LogP contribution is 2.23. The minimum Gasteiger partial charge on any atom is -0.371 e. The van der Waals surface area contributed by atoms with Crippen LogP contribution in [-0.4, -0.2) is 50.6 Å². The third-order valence-electron chi connectivity index (χ3n) is 3.91. The van der Waals surface area contributed by atoms with E-state index in [1.807, 2.05) is 24.3 Å². The van der Waals surface area contributed by atoms with Gasteiger partial charge in [0, 0.05) is 26.1 Å². The standard InChI is InChI=1S/C16H20N2O3/c17-11-13-2-1-3-14(10-13)15-12-18(6-7-19-15)5-4-16-20-8-9-21-16/h1-3,10,15-16H,4-9,12H2/t15-/m0/s1. The van der Waals surface area contributed by atoms with Gasteiger partial charge in [0.1, 0.15) is 0 Å². The van der Waals surface area contributed by atoms with Crippen molar-refractivity contribution >= 4 is 0 Å². The molecule has 1 aromatic carbocycles. The monoisotopic (exact) mass is 288 g/mol. The molecule has 0 radical (unpaired) electrons. The summed E-state index contributed by atoms with van der Waals surface area (Å²) >= 11 is 0. The van der Waals surface area contributed by atoms with Gasteiger partial charge in [-0.2, -0.15) is 5.26 Å². The molecule has 5 heteroatoms. The Morgan fingerprint density at radius 2 is 2.05 bits per heavy atom. The highest BCUT2D eigenvalue weighted by atomic mass is 16.7. The van der Waals surface area contributed by atoms with Gasteiger partial charge in [-0.3, -0.25) is 4.90 Å². The smallest absolute Gasteiger partial charge is 0.159 e. The molecule has 2 fully saturated rings. The normalized spacial score (nSPS) is 24.0. The molecule has 0 amide bonds. The highest BCUT2D eigenvalue weighted by Gasteiger charge is 2.24. The van der Waals surface area contributed by atoms with E-state index in [9.17, 15) is 0 Å². The quantitative estimate of drug-likeness (QED) is 0.844. The van der Waals surface area contributed by atoms with Gasteiger partial charge in [0.05, 0.1) is 37.6 Å². The van der Waals surface area contributed by atoms with E-state index < -0.39 is 0 Å². The number of nitriles is 1. The zero-order valence-electron chi connectivity index (χ0n) is 12.0. The molecule has 2 saturated heterocycles. The van der Waals surface area contributed by atoms with Crippen molar-refractivity contribution in [2.75, 3.05) is 39.5 Å². The van der Waals surface area contributed by atoms with Crippen molar-refractivity contribution in [2.24, 2.45) is 0 Å². The summed E-state index contributed by atoms with van der Waals surface area (Å²) in [5.41, 5.74) is 1.76. The van der Waals surface area contributed by atoms with Crippen LogP contribution < -0.4 is 0 Å². The van der Waals surface area contributed by atoms with Gasteiger partial charge in [-0.25, -0.2) is 0 Å². The maximum atomic E-state index is 8.99. The Bertz CT molecular complexity index is 508. The minimum absolute atomic E-state index is 0.0393. The molecular formula is C16H20N2O3. The van der Waals surface area contributed by atoms with Crippen LogP contribution in [0.5, 0.6) is 0 Å². The van der Waals surface area contributed by atoms with Gasteiger partial charge in [0.2, 0.25) is 0 Å². The summed E-state index contributed by atoms with van der Waals surface area (Å²) in [4.78, 5) is 2.37. The number of nitrogens with zero attached hydrogens (tertiary/aromatic N) is 2. The SMILES string of the molecule is N#Cc1cccc([C@@H]2CN(CCC3OCCO3)CCO2)c1. The molecule has 2 aliphatic rings. The van der Waals surface area contributed by atoms with E-state index in [1.54, 1.807) is 0 Å². The second-order valence-corrected chi connectivity index (χ2v) is 5.36. The second-order valence-electron chi connectivity index (χ2n) is 5.36. The molecule has 0 spiro atoms. The lowest BCUT2D eigenvalue weighted by Crippen LogP contribution is -2.39. The molecule has 0 aliphatic carbocycles. The van der Waals surface area contributed by atoms with E-state index in [0.717, 1.165) is 31.6 Å². The Morgan fingerprint density at radius 3 is 2.86 bits per heavy atom. The van der Waals surface area contributed by atoms with Crippen LogP contribution in [0.1, 0.15) is 23.7 Å². The van der Waals surface area contributed by atoms with E-state index in [1.165, 1.54) is 0 Å². The lowest BCUT2D eigenvalue weighted by molar-refractivity contribution is -0.0673. The Hall–Kier alpha value is -1.45. The summed E-state index contributed by atoms with van der Waals surface area (Å²) in [6.45, 7) is 4.85. The summed E-state index contributed by atoms with van der Waals surface area (Å²) in [7, 11) is 0. The van der Waals surface area contributed by atoms with Crippen LogP contribution in [0.3, 0.4) is 0 Å². The average molecular weight is 288 g/mol. The highest BCUT2D eigenvalue weighted by molar-refractivity contribution is 5.34. The van der Waals surface area contributed by atoms with Gasteiger partial charge in [-0.1, -0.05) is 12.1 Å². The zero-order valence-corrected chi connectivity index (χ0v) is 12.0. The molecule has 1 aromatic rings. The molecule has 0 aromatic heterocycles. The van der Waals surface area contributed by atoms with Gasteiger partial charge < -0.3 is 14.2 Å².